The van der Waals surface area contributed by atoms with Crippen LogP contribution in [0.15, 0.2) is 18.2 Å². The molecule has 0 aromatic heterocycles. The lowest BCUT2D eigenvalue weighted by molar-refractivity contribution is -0.140. The maximum absolute atomic E-state index is 14.1. The van der Waals surface area contributed by atoms with Crippen LogP contribution < -0.4 is 0 Å². The predicted octanol–water partition coefficient (Wildman–Crippen LogP) is 3.95. The van der Waals surface area contributed by atoms with Gasteiger partial charge in [0.25, 0.3) is 0 Å². The van der Waals surface area contributed by atoms with Crippen LogP contribution in [0.1, 0.15) is 37.9 Å². The summed E-state index contributed by atoms with van der Waals surface area (Å²) in [6.07, 6.45) is -5.67. The van der Waals surface area contributed by atoms with Crippen molar-refractivity contribution in [1.29, 1.82) is 0 Å². The van der Waals surface area contributed by atoms with Crippen molar-refractivity contribution in [2.75, 3.05) is 7.05 Å². The molecule has 1 amide bonds. The number of hydrogen-bond donors (Lipinski definition) is 0. The van der Waals surface area contributed by atoms with Crippen molar-refractivity contribution < 1.29 is 31.9 Å². The molecule has 0 N–H and O–H groups in total. The molecule has 0 bridgehead atoms. The molecule has 4 nitrogen and oxygen atoms in total. The highest BCUT2D eigenvalue weighted by Crippen LogP contribution is 2.34. The van der Waals surface area contributed by atoms with Crippen molar-refractivity contribution in [3.05, 3.63) is 35.1 Å². The average molecular weight is 335 g/mol. The van der Waals surface area contributed by atoms with E-state index in [0.29, 0.717) is 6.07 Å². The van der Waals surface area contributed by atoms with Gasteiger partial charge in [-0.15, -0.1) is 0 Å². The molecule has 1 atom stereocenters. The van der Waals surface area contributed by atoms with E-state index in [1.807, 2.05) is 0 Å². The van der Waals surface area contributed by atoms with E-state index in [1.165, 1.54) is 0 Å². The molecule has 128 valence electrons. The number of likely N-dealkylation sites (N-methyl/N-ethyl adjacent to an activating group) is 1. The third-order valence-electron chi connectivity index (χ3n) is 2.88. The number of amides is 1. The van der Waals surface area contributed by atoms with Gasteiger partial charge in [0.1, 0.15) is 23.7 Å². The molecule has 0 fully saturated rings. The van der Waals surface area contributed by atoms with Crippen LogP contribution in [-0.4, -0.2) is 29.9 Å². The summed E-state index contributed by atoms with van der Waals surface area (Å²) in [6, 6.07) is 1.02. The number of carbonyl (C=O) groups is 2. The number of rotatable bonds is 3. The fourth-order valence-corrected chi connectivity index (χ4v) is 1.82. The minimum Gasteiger partial charge on any atom is -0.444 e. The Bertz CT molecular complexity index is 593. The average Bonchev–Trinajstić information content (AvgIpc) is 2.37. The third kappa shape index (κ3) is 4.67. The van der Waals surface area contributed by atoms with Crippen molar-refractivity contribution in [3.8, 4) is 0 Å². The first kappa shape index (κ1) is 18.9. The normalized spacial score (nSPS) is 13.4. The molecule has 0 heterocycles. The molecule has 1 aromatic carbocycles. The Hall–Kier alpha value is -2.12. The number of hydrogen-bond acceptors (Lipinski definition) is 3. The number of aldehydes is 1. The van der Waals surface area contributed by atoms with Gasteiger partial charge in [-0.25, -0.2) is 9.18 Å². The molecule has 0 aliphatic heterocycles. The van der Waals surface area contributed by atoms with Gasteiger partial charge in [-0.3, -0.25) is 4.90 Å². The van der Waals surface area contributed by atoms with Gasteiger partial charge in [0.05, 0.1) is 5.56 Å². The van der Waals surface area contributed by atoms with Crippen LogP contribution in [0.25, 0.3) is 0 Å². The van der Waals surface area contributed by atoms with Gasteiger partial charge in [0.2, 0.25) is 0 Å². The summed E-state index contributed by atoms with van der Waals surface area (Å²) in [4.78, 5) is 23.9. The van der Waals surface area contributed by atoms with Gasteiger partial charge in [0, 0.05) is 12.6 Å². The number of benzene rings is 1. The van der Waals surface area contributed by atoms with E-state index in [2.05, 4.69) is 0 Å². The lowest BCUT2D eigenvalue weighted by atomic mass is 10.0. The molecule has 0 spiro atoms. The van der Waals surface area contributed by atoms with Gasteiger partial charge in [0.15, 0.2) is 0 Å². The quantitative estimate of drug-likeness (QED) is 0.621. The fourth-order valence-electron chi connectivity index (χ4n) is 1.82. The van der Waals surface area contributed by atoms with Crippen LogP contribution in [0.4, 0.5) is 22.4 Å². The Morgan fingerprint density at radius 1 is 1.26 bits per heavy atom. The Labute approximate surface area is 131 Å². The molecule has 0 saturated carbocycles. The summed E-state index contributed by atoms with van der Waals surface area (Å²) in [5.41, 5.74) is -2.92. The fraction of sp³-hybridized carbons (Fsp3) is 0.467. The highest BCUT2D eigenvalue weighted by molar-refractivity contribution is 5.74. The summed E-state index contributed by atoms with van der Waals surface area (Å²) in [5.74, 6) is -1.59. The van der Waals surface area contributed by atoms with E-state index in [4.69, 9.17) is 4.74 Å². The lowest BCUT2D eigenvalue weighted by Crippen LogP contribution is -2.37. The van der Waals surface area contributed by atoms with Crippen LogP contribution in [0.3, 0.4) is 0 Å². The zero-order valence-electron chi connectivity index (χ0n) is 13.1. The van der Waals surface area contributed by atoms with Crippen LogP contribution in [0.5, 0.6) is 0 Å². The topological polar surface area (TPSA) is 46.6 Å². The maximum Gasteiger partial charge on any atom is 0.419 e. The Morgan fingerprint density at radius 3 is 2.26 bits per heavy atom. The van der Waals surface area contributed by atoms with Gasteiger partial charge < -0.3 is 9.53 Å². The van der Waals surface area contributed by atoms with Crippen LogP contribution >= 0.6 is 0 Å². The minimum absolute atomic E-state index is 0.183. The smallest absolute Gasteiger partial charge is 0.419 e. The molecule has 23 heavy (non-hydrogen) atoms. The molecule has 0 aliphatic carbocycles. The molecule has 0 saturated heterocycles. The van der Waals surface area contributed by atoms with E-state index in [1.54, 1.807) is 20.8 Å². The van der Waals surface area contributed by atoms with Crippen molar-refractivity contribution in [2.45, 2.75) is 38.6 Å². The number of nitrogens with zero attached hydrogens (tertiary/aromatic N) is 1. The van der Waals surface area contributed by atoms with Crippen LogP contribution in [0, 0.1) is 5.82 Å². The largest absolute Gasteiger partial charge is 0.444 e. The van der Waals surface area contributed by atoms with Gasteiger partial charge in [-0.2, -0.15) is 13.2 Å². The molecule has 0 radical (unpaired) electrons. The summed E-state index contributed by atoms with van der Waals surface area (Å²) < 4.78 is 57.4. The predicted molar refractivity (Wildman–Crippen MR) is 74.2 cm³/mol. The standard InChI is InChI=1S/C15H17F4NO3/c1-14(2,3)23-13(22)20(4)11(8-21)9-6-5-7-10(12(9)16)15(17,18)19/h5-8,11H,1-4H3. The summed E-state index contributed by atoms with van der Waals surface area (Å²) in [6.45, 7) is 4.75. The monoisotopic (exact) mass is 335 g/mol. The van der Waals surface area contributed by atoms with E-state index in [9.17, 15) is 27.2 Å². The number of ether oxygens (including phenoxy) is 1. The highest BCUT2D eigenvalue weighted by atomic mass is 19.4. The molecular weight excluding hydrogens is 318 g/mol. The molecule has 1 aromatic rings. The van der Waals surface area contributed by atoms with E-state index in [0.717, 1.165) is 24.1 Å². The second-order valence-corrected chi connectivity index (χ2v) is 5.88. The number of halogens is 4. The lowest BCUT2D eigenvalue weighted by Gasteiger charge is -2.28. The van der Waals surface area contributed by atoms with E-state index >= 15 is 0 Å². The van der Waals surface area contributed by atoms with Gasteiger partial charge in [-0.1, -0.05) is 12.1 Å². The zero-order valence-corrected chi connectivity index (χ0v) is 13.1. The maximum atomic E-state index is 14.1. The summed E-state index contributed by atoms with van der Waals surface area (Å²) in [7, 11) is 1.15. The molecule has 1 unspecified atom stereocenters. The second kappa shape index (κ2) is 6.55. The van der Waals surface area contributed by atoms with Crippen molar-refractivity contribution >= 4 is 12.4 Å². The third-order valence-corrected chi connectivity index (χ3v) is 2.88. The van der Waals surface area contributed by atoms with E-state index < -0.39 is 40.9 Å². The SMILES string of the molecule is CN(C(=O)OC(C)(C)C)C(C=O)c1cccc(C(F)(F)F)c1F. The number of alkyl halides is 3. The number of carbonyl (C=O) groups excluding carboxylic acids is 2. The summed E-state index contributed by atoms with van der Waals surface area (Å²) in [5, 5.41) is 0. The Kier molecular flexibility index (Phi) is 5.39. The summed E-state index contributed by atoms with van der Waals surface area (Å²) >= 11 is 0. The van der Waals surface area contributed by atoms with Crippen LogP contribution in [-0.2, 0) is 15.7 Å². The first-order valence-corrected chi connectivity index (χ1v) is 6.65. The van der Waals surface area contributed by atoms with Crippen molar-refractivity contribution in [1.82, 2.24) is 4.90 Å². The first-order chi connectivity index (χ1) is 10.4. The van der Waals surface area contributed by atoms with Crippen molar-refractivity contribution in [2.24, 2.45) is 0 Å². The van der Waals surface area contributed by atoms with Gasteiger partial charge >= 0.3 is 12.3 Å². The van der Waals surface area contributed by atoms with Gasteiger partial charge in [-0.05, 0) is 26.8 Å². The second-order valence-electron chi connectivity index (χ2n) is 5.88. The molecule has 8 heteroatoms. The molecular formula is C15H17F4NO3. The Morgan fingerprint density at radius 2 is 1.83 bits per heavy atom. The van der Waals surface area contributed by atoms with Crippen LogP contribution in [0.2, 0.25) is 0 Å². The molecule has 0 aliphatic rings. The van der Waals surface area contributed by atoms with E-state index in [-0.39, 0.29) is 6.29 Å². The zero-order chi connectivity index (χ0) is 18.0. The van der Waals surface area contributed by atoms with Crippen molar-refractivity contribution in [3.63, 3.8) is 0 Å². The minimum atomic E-state index is -4.90. The Balaban J connectivity index is 3.21. The highest BCUT2D eigenvalue weighted by Gasteiger charge is 2.37. The molecule has 1 rings (SSSR count). The first-order valence-electron chi connectivity index (χ1n) is 6.65.